The van der Waals surface area contributed by atoms with Crippen molar-refractivity contribution in [2.45, 2.75) is 25.3 Å². The lowest BCUT2D eigenvalue weighted by Gasteiger charge is -2.26. The number of benzene rings is 1. The van der Waals surface area contributed by atoms with Gasteiger partial charge in [0.25, 0.3) is 0 Å². The highest BCUT2D eigenvalue weighted by Gasteiger charge is 2.31. The van der Waals surface area contributed by atoms with Crippen molar-refractivity contribution in [1.82, 2.24) is 25.2 Å². The summed E-state index contributed by atoms with van der Waals surface area (Å²) in [5.74, 6) is 0.989. The number of anilines is 1. The van der Waals surface area contributed by atoms with E-state index >= 15 is 0 Å². The summed E-state index contributed by atoms with van der Waals surface area (Å²) in [5.41, 5.74) is 2.70. The van der Waals surface area contributed by atoms with Gasteiger partial charge in [0.05, 0.1) is 16.9 Å². The normalized spacial score (nSPS) is 20.0. The maximum atomic E-state index is 12.8. The third-order valence-corrected chi connectivity index (χ3v) is 6.39. The summed E-state index contributed by atoms with van der Waals surface area (Å²) in [7, 11) is 0. The molecular formula is C22H25ClN6O. The Kier molecular flexibility index (Phi) is 5.31. The molecule has 0 saturated carbocycles. The van der Waals surface area contributed by atoms with Gasteiger partial charge in [-0.2, -0.15) is 0 Å². The molecule has 2 aromatic heterocycles. The maximum Gasteiger partial charge on any atom is 0.225 e. The van der Waals surface area contributed by atoms with Crippen molar-refractivity contribution in [2.75, 3.05) is 31.5 Å². The van der Waals surface area contributed by atoms with Crippen molar-refractivity contribution < 1.29 is 4.79 Å². The summed E-state index contributed by atoms with van der Waals surface area (Å²) in [4.78, 5) is 27.1. The van der Waals surface area contributed by atoms with E-state index in [-0.39, 0.29) is 17.9 Å². The highest BCUT2D eigenvalue weighted by molar-refractivity contribution is 6.33. The monoisotopic (exact) mass is 424 g/mol. The smallest absolute Gasteiger partial charge is 0.225 e. The highest BCUT2D eigenvalue weighted by Crippen LogP contribution is 2.32. The summed E-state index contributed by atoms with van der Waals surface area (Å²) >= 11 is 6.43. The molecule has 1 amide bonds. The summed E-state index contributed by atoms with van der Waals surface area (Å²) < 4.78 is 0. The fourth-order valence-corrected chi connectivity index (χ4v) is 4.67. The van der Waals surface area contributed by atoms with E-state index in [9.17, 15) is 4.79 Å². The molecule has 4 heterocycles. The van der Waals surface area contributed by atoms with Crippen molar-refractivity contribution in [3.8, 4) is 11.3 Å². The number of rotatable bonds is 4. The number of piperidine rings is 1. The first-order valence-electron chi connectivity index (χ1n) is 10.5. The average Bonchev–Trinajstić information content (AvgIpc) is 3.42. The van der Waals surface area contributed by atoms with Crippen LogP contribution in [-0.4, -0.2) is 58.0 Å². The van der Waals surface area contributed by atoms with Crippen molar-refractivity contribution in [3.05, 3.63) is 41.7 Å². The van der Waals surface area contributed by atoms with Crippen LogP contribution in [-0.2, 0) is 4.79 Å². The minimum Gasteiger partial charge on any atom is -0.360 e. The minimum atomic E-state index is 0.146. The molecule has 3 N–H and O–H groups in total. The second kappa shape index (κ2) is 8.24. The first kappa shape index (κ1) is 19.3. The number of halogens is 1. The topological polar surface area (TPSA) is 85.9 Å². The van der Waals surface area contributed by atoms with Crippen molar-refractivity contribution >= 4 is 34.4 Å². The van der Waals surface area contributed by atoms with Gasteiger partial charge in [0.15, 0.2) is 0 Å². The zero-order valence-electron chi connectivity index (χ0n) is 16.7. The number of para-hydroxylation sites is 1. The van der Waals surface area contributed by atoms with Gasteiger partial charge >= 0.3 is 0 Å². The van der Waals surface area contributed by atoms with Crippen LogP contribution in [0.5, 0.6) is 0 Å². The van der Waals surface area contributed by atoms with Gasteiger partial charge in [-0.3, -0.25) is 4.79 Å². The van der Waals surface area contributed by atoms with Crippen LogP contribution in [0.1, 0.15) is 19.3 Å². The first-order chi connectivity index (χ1) is 14.7. The molecule has 0 aliphatic carbocycles. The molecule has 2 aliphatic rings. The van der Waals surface area contributed by atoms with E-state index in [2.05, 4.69) is 20.6 Å². The summed E-state index contributed by atoms with van der Waals surface area (Å²) in [6, 6.07) is 8.22. The van der Waals surface area contributed by atoms with Crippen molar-refractivity contribution in [3.63, 3.8) is 0 Å². The second-order valence-electron chi connectivity index (χ2n) is 8.08. The number of nitrogens with zero attached hydrogens (tertiary/aromatic N) is 3. The fraction of sp³-hybridized carbons (Fsp3) is 0.409. The van der Waals surface area contributed by atoms with Gasteiger partial charge in [0.2, 0.25) is 11.9 Å². The molecule has 8 heteroatoms. The lowest BCUT2D eigenvalue weighted by molar-refractivity contribution is -0.135. The van der Waals surface area contributed by atoms with Gasteiger partial charge in [-0.25, -0.2) is 9.97 Å². The molecule has 156 valence electrons. The number of likely N-dealkylation sites (tertiary alicyclic amines) is 1. The predicted molar refractivity (Wildman–Crippen MR) is 119 cm³/mol. The van der Waals surface area contributed by atoms with E-state index in [0.717, 1.165) is 55.4 Å². The van der Waals surface area contributed by atoms with E-state index in [1.54, 1.807) is 6.20 Å². The molecule has 1 atom stereocenters. The highest BCUT2D eigenvalue weighted by atomic mass is 35.5. The fourth-order valence-electron chi connectivity index (χ4n) is 4.48. The zero-order chi connectivity index (χ0) is 20.5. The number of hydrogen-bond donors (Lipinski definition) is 3. The number of carbonyl (C=O) groups excluding carboxylic acids is 1. The van der Waals surface area contributed by atoms with Gasteiger partial charge < -0.3 is 20.5 Å². The van der Waals surface area contributed by atoms with Crippen LogP contribution in [0.4, 0.5) is 5.95 Å². The number of H-pyrrole nitrogens is 1. The van der Waals surface area contributed by atoms with Gasteiger partial charge in [-0.1, -0.05) is 29.8 Å². The molecule has 2 aliphatic heterocycles. The Morgan fingerprint density at radius 1 is 1.20 bits per heavy atom. The Morgan fingerprint density at radius 2 is 2.03 bits per heavy atom. The molecule has 0 radical (unpaired) electrons. The number of amides is 1. The second-order valence-corrected chi connectivity index (χ2v) is 8.48. The van der Waals surface area contributed by atoms with Crippen LogP contribution < -0.4 is 10.6 Å². The Bertz CT molecular complexity index is 1060. The number of hydrogen-bond acceptors (Lipinski definition) is 5. The number of aromatic amines is 1. The Morgan fingerprint density at radius 3 is 2.90 bits per heavy atom. The summed E-state index contributed by atoms with van der Waals surface area (Å²) in [6.07, 6.45) is 6.33. The molecule has 0 bridgehead atoms. The number of carbonyl (C=O) groups is 1. The lowest BCUT2D eigenvalue weighted by atomic mass is 9.97. The lowest BCUT2D eigenvalue weighted by Crippen LogP contribution is -2.40. The third-order valence-electron chi connectivity index (χ3n) is 6.11. The quantitative estimate of drug-likeness (QED) is 0.598. The average molecular weight is 425 g/mol. The molecule has 0 spiro atoms. The van der Waals surface area contributed by atoms with Crippen LogP contribution in [0.15, 0.2) is 36.7 Å². The number of fused-ring (bicyclic) bond motifs is 1. The molecule has 1 aromatic carbocycles. The van der Waals surface area contributed by atoms with Gasteiger partial charge in [-0.05, 0) is 38.4 Å². The van der Waals surface area contributed by atoms with Crippen molar-refractivity contribution in [1.29, 1.82) is 0 Å². The van der Waals surface area contributed by atoms with Crippen LogP contribution in [0.3, 0.4) is 0 Å². The number of nitrogens with one attached hydrogen (secondary N) is 3. The van der Waals surface area contributed by atoms with Crippen LogP contribution >= 0.6 is 11.6 Å². The predicted octanol–water partition coefficient (Wildman–Crippen LogP) is 3.29. The Labute approximate surface area is 180 Å². The first-order valence-corrected chi connectivity index (χ1v) is 10.9. The molecule has 3 aromatic rings. The largest absolute Gasteiger partial charge is 0.360 e. The van der Waals surface area contributed by atoms with Crippen LogP contribution in [0, 0.1) is 5.92 Å². The van der Waals surface area contributed by atoms with E-state index in [0.29, 0.717) is 23.2 Å². The van der Waals surface area contributed by atoms with Gasteiger partial charge in [0.1, 0.15) is 0 Å². The third kappa shape index (κ3) is 3.75. The maximum absolute atomic E-state index is 12.8. The molecule has 1 unspecified atom stereocenters. The molecular weight excluding hydrogens is 400 g/mol. The molecule has 5 rings (SSSR count). The SMILES string of the molecule is O=C(C1CCNCC1)N1CCC(Nc2ncc(Cl)c(-c3c[nH]c4ccccc34)n2)C1. The standard InChI is InChI=1S/C22H25ClN6O/c23-18-12-26-22(28-20(18)17-11-25-19-4-2-1-3-16(17)19)27-15-7-10-29(13-15)21(30)14-5-8-24-9-6-14/h1-4,11-12,14-15,24-25H,5-10,13H2,(H,26,27,28). The Hall–Kier alpha value is -2.64. The molecule has 7 nitrogen and oxygen atoms in total. The summed E-state index contributed by atoms with van der Waals surface area (Å²) in [5, 5.41) is 8.32. The van der Waals surface area contributed by atoms with E-state index in [1.807, 2.05) is 35.4 Å². The van der Waals surface area contributed by atoms with E-state index < -0.39 is 0 Å². The van der Waals surface area contributed by atoms with E-state index in [1.165, 1.54) is 0 Å². The molecule has 2 fully saturated rings. The van der Waals surface area contributed by atoms with Crippen molar-refractivity contribution in [2.24, 2.45) is 5.92 Å². The molecule has 30 heavy (non-hydrogen) atoms. The zero-order valence-corrected chi connectivity index (χ0v) is 17.5. The minimum absolute atomic E-state index is 0.146. The van der Waals surface area contributed by atoms with E-state index in [4.69, 9.17) is 16.6 Å². The molecule has 2 saturated heterocycles. The number of aromatic nitrogens is 3. The van der Waals surface area contributed by atoms with Gasteiger partial charge in [0, 0.05) is 47.7 Å². The summed E-state index contributed by atoms with van der Waals surface area (Å²) in [6.45, 7) is 3.34. The van der Waals surface area contributed by atoms with Crippen LogP contribution in [0.25, 0.3) is 22.2 Å². The van der Waals surface area contributed by atoms with Gasteiger partial charge in [-0.15, -0.1) is 0 Å². The Balaban J connectivity index is 1.30. The van der Waals surface area contributed by atoms with Crippen LogP contribution in [0.2, 0.25) is 5.02 Å².